The highest BCUT2D eigenvalue weighted by Gasteiger charge is 2.37. The molecular formula is C23H21NO3. The number of hydrogen-bond acceptors (Lipinski definition) is 3. The number of carbonyl (C=O) groups excluding carboxylic acids is 2. The van der Waals surface area contributed by atoms with Gasteiger partial charge in [0.15, 0.2) is 6.61 Å². The van der Waals surface area contributed by atoms with E-state index in [0.717, 1.165) is 16.7 Å². The van der Waals surface area contributed by atoms with Crippen molar-refractivity contribution in [3.05, 3.63) is 108 Å². The highest BCUT2D eigenvalue weighted by atomic mass is 16.5. The second kappa shape index (κ2) is 8.32. The van der Waals surface area contributed by atoms with E-state index in [0.29, 0.717) is 0 Å². The van der Waals surface area contributed by atoms with Gasteiger partial charge in [0.2, 0.25) is 0 Å². The molecule has 27 heavy (non-hydrogen) atoms. The molecule has 4 nitrogen and oxygen atoms in total. The number of hydrogen-bond donors (Lipinski definition) is 1. The second-order valence-electron chi connectivity index (χ2n) is 6.18. The summed E-state index contributed by atoms with van der Waals surface area (Å²) in [5.74, 6) is -0.864. The molecule has 3 aromatic carbocycles. The number of amides is 1. The maximum atomic E-state index is 12.7. The quantitative estimate of drug-likeness (QED) is 0.540. The number of benzene rings is 3. The highest BCUT2D eigenvalue weighted by molar-refractivity contribution is 5.82. The first-order valence-corrected chi connectivity index (χ1v) is 8.74. The Bertz CT molecular complexity index is 796. The van der Waals surface area contributed by atoms with Gasteiger partial charge in [-0.25, -0.2) is 0 Å². The maximum Gasteiger partial charge on any atom is 0.303 e. The van der Waals surface area contributed by atoms with Gasteiger partial charge in [-0.05, 0) is 16.7 Å². The van der Waals surface area contributed by atoms with Crippen LogP contribution in [0.5, 0.6) is 0 Å². The van der Waals surface area contributed by atoms with Crippen molar-refractivity contribution in [3.63, 3.8) is 0 Å². The number of nitrogens with one attached hydrogen (secondary N) is 1. The molecule has 0 saturated heterocycles. The average Bonchev–Trinajstić information content (AvgIpc) is 2.72. The third-order valence-corrected chi connectivity index (χ3v) is 4.35. The van der Waals surface area contributed by atoms with Crippen molar-refractivity contribution in [1.82, 2.24) is 5.32 Å². The second-order valence-corrected chi connectivity index (χ2v) is 6.18. The molecule has 0 fully saturated rings. The molecule has 0 atom stereocenters. The smallest absolute Gasteiger partial charge is 0.303 e. The zero-order valence-electron chi connectivity index (χ0n) is 15.1. The van der Waals surface area contributed by atoms with Crippen molar-refractivity contribution in [1.29, 1.82) is 0 Å². The Labute approximate surface area is 158 Å². The van der Waals surface area contributed by atoms with Gasteiger partial charge in [-0.3, -0.25) is 9.59 Å². The number of carbonyl (C=O) groups is 2. The summed E-state index contributed by atoms with van der Waals surface area (Å²) in [5.41, 5.74) is 1.84. The van der Waals surface area contributed by atoms with Crippen LogP contribution in [0.4, 0.5) is 0 Å². The summed E-state index contributed by atoms with van der Waals surface area (Å²) < 4.78 is 4.91. The van der Waals surface area contributed by atoms with Gasteiger partial charge in [-0.2, -0.15) is 0 Å². The number of esters is 1. The SMILES string of the molecule is CC(=O)OCC(=O)NC(c1ccccc1)(c1ccccc1)c1ccccc1. The molecule has 1 amide bonds. The minimum atomic E-state index is -0.902. The fraction of sp³-hybridized carbons (Fsp3) is 0.130. The lowest BCUT2D eigenvalue weighted by molar-refractivity contribution is -0.146. The van der Waals surface area contributed by atoms with E-state index in [-0.39, 0.29) is 12.5 Å². The maximum absolute atomic E-state index is 12.7. The van der Waals surface area contributed by atoms with Gasteiger partial charge in [-0.15, -0.1) is 0 Å². The van der Waals surface area contributed by atoms with Gasteiger partial charge < -0.3 is 10.1 Å². The normalized spacial score (nSPS) is 10.9. The summed E-state index contributed by atoms with van der Waals surface area (Å²) in [4.78, 5) is 23.8. The monoisotopic (exact) mass is 359 g/mol. The highest BCUT2D eigenvalue weighted by Crippen LogP contribution is 2.36. The van der Waals surface area contributed by atoms with Crippen LogP contribution < -0.4 is 5.32 Å². The van der Waals surface area contributed by atoms with Crippen molar-refractivity contribution in [3.8, 4) is 0 Å². The van der Waals surface area contributed by atoms with Crippen molar-refractivity contribution in [2.24, 2.45) is 0 Å². The Morgan fingerprint density at radius 3 is 1.44 bits per heavy atom. The molecule has 0 heterocycles. The molecule has 0 unspecified atom stereocenters. The Morgan fingerprint density at radius 2 is 1.11 bits per heavy atom. The standard InChI is InChI=1S/C23H21NO3/c1-18(25)27-17-22(26)24-23(19-11-5-2-6-12-19,20-13-7-3-8-14-20)21-15-9-4-10-16-21/h2-16H,17H2,1H3,(H,24,26). The van der Waals surface area contributed by atoms with Crippen LogP contribution in [0.1, 0.15) is 23.6 Å². The van der Waals surface area contributed by atoms with Crippen molar-refractivity contribution >= 4 is 11.9 Å². The molecule has 0 spiro atoms. The first-order valence-electron chi connectivity index (χ1n) is 8.74. The predicted molar refractivity (Wildman–Crippen MR) is 104 cm³/mol. The summed E-state index contributed by atoms with van der Waals surface area (Å²) in [6.07, 6.45) is 0. The Kier molecular flexibility index (Phi) is 5.67. The topological polar surface area (TPSA) is 55.4 Å². The molecule has 0 bridgehead atoms. The van der Waals surface area contributed by atoms with Gasteiger partial charge in [0, 0.05) is 6.92 Å². The minimum Gasteiger partial charge on any atom is -0.456 e. The van der Waals surface area contributed by atoms with Gasteiger partial charge in [0.1, 0.15) is 5.54 Å². The molecule has 0 aliphatic carbocycles. The van der Waals surface area contributed by atoms with E-state index in [1.165, 1.54) is 6.92 Å². The number of rotatable bonds is 6. The van der Waals surface area contributed by atoms with Crippen LogP contribution in [0.15, 0.2) is 91.0 Å². The van der Waals surface area contributed by atoms with Crippen LogP contribution in [0.2, 0.25) is 0 Å². The molecule has 1 N–H and O–H groups in total. The fourth-order valence-corrected chi connectivity index (χ4v) is 3.19. The van der Waals surface area contributed by atoms with E-state index < -0.39 is 11.5 Å². The lowest BCUT2D eigenvalue weighted by Gasteiger charge is -2.36. The van der Waals surface area contributed by atoms with E-state index in [2.05, 4.69) is 5.32 Å². The molecule has 136 valence electrons. The van der Waals surface area contributed by atoms with Crippen LogP contribution in [0, 0.1) is 0 Å². The third kappa shape index (κ3) is 4.06. The number of ether oxygens (including phenoxy) is 1. The molecule has 3 rings (SSSR count). The van der Waals surface area contributed by atoms with Gasteiger partial charge >= 0.3 is 5.97 Å². The molecule has 0 aromatic heterocycles. The van der Waals surface area contributed by atoms with E-state index in [1.807, 2.05) is 91.0 Å². The van der Waals surface area contributed by atoms with E-state index in [4.69, 9.17) is 4.74 Å². The van der Waals surface area contributed by atoms with Crippen LogP contribution in [-0.2, 0) is 19.9 Å². The zero-order valence-corrected chi connectivity index (χ0v) is 15.1. The fourth-order valence-electron chi connectivity index (χ4n) is 3.19. The zero-order chi connectivity index (χ0) is 19.1. The van der Waals surface area contributed by atoms with Crippen molar-refractivity contribution in [2.75, 3.05) is 6.61 Å². The van der Waals surface area contributed by atoms with Crippen molar-refractivity contribution < 1.29 is 14.3 Å². The summed E-state index contributed by atoms with van der Waals surface area (Å²) in [5, 5.41) is 3.12. The van der Waals surface area contributed by atoms with Gasteiger partial charge in [0.25, 0.3) is 5.91 Å². The van der Waals surface area contributed by atoms with Crippen molar-refractivity contribution in [2.45, 2.75) is 12.5 Å². The lowest BCUT2D eigenvalue weighted by atomic mass is 9.77. The molecule has 0 aliphatic heterocycles. The third-order valence-electron chi connectivity index (χ3n) is 4.35. The van der Waals surface area contributed by atoms with E-state index in [9.17, 15) is 9.59 Å². The van der Waals surface area contributed by atoms with Crippen LogP contribution in [0.3, 0.4) is 0 Å². The van der Waals surface area contributed by atoms with E-state index in [1.54, 1.807) is 0 Å². The Hall–Kier alpha value is -3.40. The summed E-state index contributed by atoms with van der Waals surface area (Å²) in [7, 11) is 0. The van der Waals surface area contributed by atoms with Crippen LogP contribution >= 0.6 is 0 Å². The largest absolute Gasteiger partial charge is 0.456 e. The van der Waals surface area contributed by atoms with Gasteiger partial charge in [0.05, 0.1) is 0 Å². The first kappa shape index (κ1) is 18.4. The van der Waals surface area contributed by atoms with Crippen LogP contribution in [0.25, 0.3) is 0 Å². The van der Waals surface area contributed by atoms with Crippen LogP contribution in [-0.4, -0.2) is 18.5 Å². The Balaban J connectivity index is 2.17. The first-order chi connectivity index (χ1) is 13.1. The average molecular weight is 359 g/mol. The van der Waals surface area contributed by atoms with Gasteiger partial charge in [-0.1, -0.05) is 91.0 Å². The Morgan fingerprint density at radius 1 is 0.741 bits per heavy atom. The predicted octanol–water partition coefficient (Wildman–Crippen LogP) is 3.66. The summed E-state index contributed by atoms with van der Waals surface area (Å²) in [6, 6.07) is 29.3. The molecule has 0 radical (unpaired) electrons. The molecule has 3 aromatic rings. The molecule has 4 heteroatoms. The minimum absolute atomic E-state index is 0.330. The molecular weight excluding hydrogens is 338 g/mol. The summed E-state index contributed by atoms with van der Waals surface area (Å²) in [6.45, 7) is 0.954. The van der Waals surface area contributed by atoms with E-state index >= 15 is 0 Å². The lowest BCUT2D eigenvalue weighted by Crippen LogP contribution is -2.49. The molecule has 0 saturated carbocycles. The molecule has 0 aliphatic rings. The summed E-state index contributed by atoms with van der Waals surface area (Å²) >= 11 is 0.